The molecule has 2 heterocycles. The van der Waals surface area contributed by atoms with Crippen molar-refractivity contribution in [2.45, 2.75) is 52.3 Å². The van der Waals surface area contributed by atoms with Crippen molar-refractivity contribution in [2.75, 3.05) is 13.1 Å². The monoisotopic (exact) mass is 433 g/mol. The van der Waals surface area contributed by atoms with Gasteiger partial charge in [-0.2, -0.15) is 0 Å². The molecule has 1 aliphatic heterocycles. The molecule has 0 aliphatic carbocycles. The van der Waals surface area contributed by atoms with E-state index in [9.17, 15) is 4.79 Å². The molecule has 6 heteroatoms. The van der Waals surface area contributed by atoms with Gasteiger partial charge in [-0.3, -0.25) is 9.69 Å². The molecule has 0 radical (unpaired) electrons. The number of nitrogens with one attached hydrogen (secondary N) is 1. The van der Waals surface area contributed by atoms with Crippen LogP contribution in [0.1, 0.15) is 52.2 Å². The highest BCUT2D eigenvalue weighted by atomic mass is 16.5. The molecular formula is C26H31N3O3. The lowest BCUT2D eigenvalue weighted by Gasteiger charge is -2.36. The van der Waals surface area contributed by atoms with Crippen molar-refractivity contribution in [2.24, 2.45) is 0 Å². The third-order valence-electron chi connectivity index (χ3n) is 6.16. The van der Waals surface area contributed by atoms with E-state index < -0.39 is 0 Å². The smallest absolute Gasteiger partial charge is 0.251 e. The number of amides is 1. The summed E-state index contributed by atoms with van der Waals surface area (Å²) in [5.41, 5.74) is 3.75. The fraction of sp³-hybridized carbons (Fsp3) is 0.385. The van der Waals surface area contributed by atoms with E-state index in [2.05, 4.69) is 39.6 Å². The minimum Gasteiger partial charge on any atom is -0.489 e. The molecule has 1 saturated heterocycles. The Bertz CT molecular complexity index is 995. The summed E-state index contributed by atoms with van der Waals surface area (Å²) in [6.07, 6.45) is 3.54. The summed E-state index contributed by atoms with van der Waals surface area (Å²) in [6.45, 7) is 6.84. The highest BCUT2D eigenvalue weighted by Gasteiger charge is 2.23. The van der Waals surface area contributed by atoms with Gasteiger partial charge in [0, 0.05) is 24.7 Å². The number of aryl methyl sites for hydroxylation is 2. The van der Waals surface area contributed by atoms with Crippen molar-refractivity contribution < 1.29 is 14.1 Å². The lowest BCUT2D eigenvalue weighted by atomic mass is 10.0. The number of benzene rings is 2. The molecule has 168 valence electrons. The Labute approximate surface area is 189 Å². The Kier molecular flexibility index (Phi) is 7.22. The Morgan fingerprint density at radius 1 is 1.12 bits per heavy atom. The second-order valence-corrected chi connectivity index (χ2v) is 8.43. The zero-order valence-corrected chi connectivity index (χ0v) is 18.8. The second kappa shape index (κ2) is 10.5. The Morgan fingerprint density at radius 3 is 2.62 bits per heavy atom. The van der Waals surface area contributed by atoms with Crippen LogP contribution in [0.4, 0.5) is 0 Å². The zero-order valence-electron chi connectivity index (χ0n) is 18.8. The van der Waals surface area contributed by atoms with Gasteiger partial charge in [0.1, 0.15) is 18.1 Å². The first-order valence-corrected chi connectivity index (χ1v) is 11.3. The summed E-state index contributed by atoms with van der Waals surface area (Å²) in [5.74, 6) is 1.43. The first-order valence-electron chi connectivity index (χ1n) is 11.3. The predicted octanol–water partition coefficient (Wildman–Crippen LogP) is 4.65. The van der Waals surface area contributed by atoms with Crippen LogP contribution < -0.4 is 10.1 Å². The summed E-state index contributed by atoms with van der Waals surface area (Å²) in [7, 11) is 0. The first kappa shape index (κ1) is 22.1. The first-order chi connectivity index (χ1) is 15.6. The van der Waals surface area contributed by atoms with E-state index in [1.165, 1.54) is 18.4 Å². The fourth-order valence-electron chi connectivity index (χ4n) is 4.20. The predicted molar refractivity (Wildman–Crippen MR) is 124 cm³/mol. The van der Waals surface area contributed by atoms with Crippen LogP contribution in [0.5, 0.6) is 5.75 Å². The average molecular weight is 434 g/mol. The van der Waals surface area contributed by atoms with Crippen molar-refractivity contribution >= 4 is 5.91 Å². The number of aromatic nitrogens is 1. The normalized spacial score (nSPS) is 16.6. The fourth-order valence-corrected chi connectivity index (χ4v) is 4.20. The van der Waals surface area contributed by atoms with E-state index >= 15 is 0 Å². The molecule has 1 amide bonds. The van der Waals surface area contributed by atoms with Gasteiger partial charge in [-0.25, -0.2) is 0 Å². The van der Waals surface area contributed by atoms with Crippen molar-refractivity contribution in [3.8, 4) is 5.75 Å². The number of nitrogens with zero attached hydrogens (tertiary/aromatic N) is 2. The van der Waals surface area contributed by atoms with E-state index in [4.69, 9.17) is 9.26 Å². The third-order valence-corrected chi connectivity index (χ3v) is 6.16. The maximum Gasteiger partial charge on any atom is 0.251 e. The van der Waals surface area contributed by atoms with Gasteiger partial charge in [-0.15, -0.1) is 0 Å². The molecule has 4 rings (SSSR count). The third kappa shape index (κ3) is 5.56. The summed E-state index contributed by atoms with van der Waals surface area (Å²) in [6, 6.07) is 18.2. The number of rotatable bonds is 8. The van der Waals surface area contributed by atoms with Gasteiger partial charge in [0.25, 0.3) is 5.91 Å². The highest BCUT2D eigenvalue weighted by Crippen LogP contribution is 2.20. The quantitative estimate of drug-likeness (QED) is 0.560. The molecule has 1 atom stereocenters. The summed E-state index contributed by atoms with van der Waals surface area (Å²) in [5, 5.41) is 7.07. The van der Waals surface area contributed by atoms with Crippen LogP contribution in [0.2, 0.25) is 0 Å². The van der Waals surface area contributed by atoms with Crippen molar-refractivity contribution in [3.63, 3.8) is 0 Å². The lowest BCUT2D eigenvalue weighted by Crippen LogP contribution is -2.46. The largest absolute Gasteiger partial charge is 0.489 e. The summed E-state index contributed by atoms with van der Waals surface area (Å²) >= 11 is 0. The molecule has 1 aliphatic rings. The van der Waals surface area contributed by atoms with Gasteiger partial charge in [0.05, 0.1) is 11.3 Å². The second-order valence-electron chi connectivity index (χ2n) is 8.43. The topological polar surface area (TPSA) is 67.6 Å². The van der Waals surface area contributed by atoms with Gasteiger partial charge in [-0.1, -0.05) is 41.9 Å². The van der Waals surface area contributed by atoms with Crippen molar-refractivity contribution in [1.82, 2.24) is 15.4 Å². The number of hydrogen-bond acceptors (Lipinski definition) is 5. The minimum absolute atomic E-state index is 0.0486. The standard InChI is InChI=1S/C26H31N3O3/c1-19-25(20(2)32-28-19)18-31-24-13-11-22(12-14-24)26(30)27-16-23-10-6-7-15-29(23)17-21-8-4-3-5-9-21/h3-5,8-9,11-14,23H,6-7,10,15-18H2,1-2H3,(H,27,30). The minimum atomic E-state index is -0.0486. The van der Waals surface area contributed by atoms with E-state index in [1.807, 2.05) is 32.0 Å². The molecule has 0 saturated carbocycles. The molecule has 1 N–H and O–H groups in total. The van der Waals surface area contributed by atoms with Gasteiger partial charge < -0.3 is 14.6 Å². The van der Waals surface area contributed by atoms with Crippen molar-refractivity contribution in [1.29, 1.82) is 0 Å². The van der Waals surface area contributed by atoms with Crippen LogP contribution in [0.15, 0.2) is 59.1 Å². The highest BCUT2D eigenvalue weighted by molar-refractivity contribution is 5.94. The summed E-state index contributed by atoms with van der Waals surface area (Å²) in [4.78, 5) is 15.2. The van der Waals surface area contributed by atoms with Crippen LogP contribution >= 0.6 is 0 Å². The SMILES string of the molecule is Cc1noc(C)c1COc1ccc(C(=O)NCC2CCCCN2Cc2ccccc2)cc1. The molecule has 1 fully saturated rings. The Hall–Kier alpha value is -3.12. The van der Waals surface area contributed by atoms with Crippen LogP contribution in [0.25, 0.3) is 0 Å². The van der Waals surface area contributed by atoms with E-state index in [1.54, 1.807) is 12.1 Å². The number of carbonyl (C=O) groups excluding carboxylic acids is 1. The number of carbonyl (C=O) groups is 1. The van der Waals surface area contributed by atoms with E-state index in [0.29, 0.717) is 30.5 Å². The van der Waals surface area contributed by atoms with E-state index in [-0.39, 0.29) is 5.91 Å². The van der Waals surface area contributed by atoms with Crippen LogP contribution in [0, 0.1) is 13.8 Å². The molecule has 1 aromatic heterocycles. The molecule has 32 heavy (non-hydrogen) atoms. The number of ether oxygens (including phenoxy) is 1. The van der Waals surface area contributed by atoms with Crippen LogP contribution in [-0.2, 0) is 13.2 Å². The summed E-state index contributed by atoms with van der Waals surface area (Å²) < 4.78 is 11.0. The van der Waals surface area contributed by atoms with Crippen LogP contribution in [-0.4, -0.2) is 35.1 Å². The average Bonchev–Trinajstić information content (AvgIpc) is 3.15. The van der Waals surface area contributed by atoms with Gasteiger partial charge in [0.15, 0.2) is 0 Å². The number of likely N-dealkylation sites (tertiary alicyclic amines) is 1. The molecule has 0 bridgehead atoms. The maximum absolute atomic E-state index is 12.7. The van der Waals surface area contributed by atoms with Gasteiger partial charge in [-0.05, 0) is 63.1 Å². The lowest BCUT2D eigenvalue weighted by molar-refractivity contribution is 0.0907. The molecular weight excluding hydrogens is 402 g/mol. The van der Waals surface area contributed by atoms with Crippen molar-refractivity contribution in [3.05, 3.63) is 82.7 Å². The van der Waals surface area contributed by atoms with Gasteiger partial charge in [0.2, 0.25) is 0 Å². The molecule has 3 aromatic rings. The molecule has 1 unspecified atom stereocenters. The Balaban J connectivity index is 1.29. The van der Waals surface area contributed by atoms with Gasteiger partial charge >= 0.3 is 0 Å². The zero-order chi connectivity index (χ0) is 22.3. The molecule has 6 nitrogen and oxygen atoms in total. The van der Waals surface area contributed by atoms with E-state index in [0.717, 1.165) is 36.5 Å². The Morgan fingerprint density at radius 2 is 1.91 bits per heavy atom. The molecule has 0 spiro atoms. The molecule has 2 aromatic carbocycles. The maximum atomic E-state index is 12.7. The number of hydrogen-bond donors (Lipinski definition) is 1. The number of piperidine rings is 1. The van der Waals surface area contributed by atoms with Crippen LogP contribution in [0.3, 0.4) is 0 Å².